The zero-order valence-electron chi connectivity index (χ0n) is 15.0. The molecule has 29 heavy (non-hydrogen) atoms. The largest absolute Gasteiger partial charge is 0.295 e. The molecule has 0 aliphatic heterocycles. The number of nitrogens with one attached hydrogen (secondary N) is 3. The molecule has 0 bridgehead atoms. The molecule has 0 fully saturated rings. The van der Waals surface area contributed by atoms with Crippen molar-refractivity contribution < 1.29 is 0 Å². The zero-order valence-corrected chi connectivity index (χ0v) is 17.4. The molecule has 0 spiro atoms. The lowest BCUT2D eigenvalue weighted by Gasteiger charge is -2.02. The van der Waals surface area contributed by atoms with Gasteiger partial charge in [0.25, 0.3) is 11.1 Å². The highest BCUT2D eigenvalue weighted by atomic mass is 79.9. The maximum absolute atomic E-state index is 12.7. The van der Waals surface area contributed by atoms with Crippen molar-refractivity contribution in [3.8, 4) is 5.69 Å². The van der Waals surface area contributed by atoms with Gasteiger partial charge >= 0.3 is 0 Å². The second kappa shape index (κ2) is 7.69. The van der Waals surface area contributed by atoms with Crippen LogP contribution in [0, 0.1) is 6.92 Å². The van der Waals surface area contributed by atoms with E-state index in [1.54, 1.807) is 49.4 Å². The average molecular weight is 474 g/mol. The number of aryl methyl sites for hydroxylation is 1. The van der Waals surface area contributed by atoms with Crippen molar-refractivity contribution in [1.82, 2.24) is 19.7 Å². The lowest BCUT2D eigenvalue weighted by atomic mass is 10.2. The van der Waals surface area contributed by atoms with Gasteiger partial charge in [0.05, 0.1) is 28.4 Å². The van der Waals surface area contributed by atoms with Gasteiger partial charge in [-0.05, 0) is 49.4 Å². The third-order valence-corrected chi connectivity index (χ3v) is 4.98. The number of aromatic nitrogens is 4. The summed E-state index contributed by atoms with van der Waals surface area (Å²) >= 11 is 9.22. The highest BCUT2D eigenvalue weighted by Crippen LogP contribution is 2.16. The minimum absolute atomic E-state index is 0.173. The number of halogens is 2. The molecule has 10 heteroatoms. The van der Waals surface area contributed by atoms with E-state index in [0.29, 0.717) is 32.9 Å². The lowest BCUT2D eigenvalue weighted by molar-refractivity contribution is 0.835. The Morgan fingerprint density at radius 2 is 1.97 bits per heavy atom. The molecule has 0 atom stereocenters. The first-order valence-corrected chi connectivity index (χ1v) is 9.66. The van der Waals surface area contributed by atoms with Crippen LogP contribution in [0.25, 0.3) is 16.6 Å². The summed E-state index contributed by atoms with van der Waals surface area (Å²) in [5.41, 5.74) is 4.30. The number of benzene rings is 2. The van der Waals surface area contributed by atoms with Gasteiger partial charge in [-0.2, -0.15) is 5.10 Å². The van der Waals surface area contributed by atoms with Gasteiger partial charge in [-0.3, -0.25) is 19.7 Å². The van der Waals surface area contributed by atoms with Crippen molar-refractivity contribution in [1.29, 1.82) is 0 Å². The minimum Gasteiger partial charge on any atom is -0.295 e. The standard InChI is InChI=1S/C19H14BrClN6O2/c1-10-15(18(29)27(26-10)13-5-3-12(21)4-6-13)9-22-25-19-23-16-7-2-11(20)8-14(16)17(28)24-19/h2-9,26H,1H3,(H2,23,24,25,28). The maximum atomic E-state index is 12.7. The van der Waals surface area contributed by atoms with Crippen LogP contribution in [0.15, 0.2) is 61.6 Å². The molecule has 0 aliphatic rings. The Morgan fingerprint density at radius 3 is 2.72 bits per heavy atom. The van der Waals surface area contributed by atoms with Gasteiger partial charge < -0.3 is 0 Å². The molecule has 146 valence electrons. The van der Waals surface area contributed by atoms with Gasteiger partial charge in [0.1, 0.15) is 0 Å². The Morgan fingerprint density at radius 1 is 1.21 bits per heavy atom. The van der Waals surface area contributed by atoms with Crippen molar-refractivity contribution in [2.75, 3.05) is 5.43 Å². The van der Waals surface area contributed by atoms with Gasteiger partial charge in [-0.1, -0.05) is 27.5 Å². The molecule has 2 aromatic heterocycles. The number of H-pyrrole nitrogens is 2. The van der Waals surface area contributed by atoms with Crippen LogP contribution < -0.4 is 16.5 Å². The number of hydrogen-bond donors (Lipinski definition) is 3. The summed E-state index contributed by atoms with van der Waals surface area (Å²) in [4.78, 5) is 31.8. The van der Waals surface area contributed by atoms with Crippen LogP contribution >= 0.6 is 27.5 Å². The molecule has 2 aromatic carbocycles. The van der Waals surface area contributed by atoms with Gasteiger partial charge in [-0.25, -0.2) is 15.1 Å². The van der Waals surface area contributed by atoms with Crippen LogP contribution in [0.5, 0.6) is 0 Å². The third kappa shape index (κ3) is 3.87. The van der Waals surface area contributed by atoms with E-state index in [0.717, 1.165) is 4.47 Å². The molecule has 2 heterocycles. The second-order valence-electron chi connectivity index (χ2n) is 6.21. The molecule has 3 N–H and O–H groups in total. The average Bonchev–Trinajstić information content (AvgIpc) is 2.97. The molecule has 4 aromatic rings. The molecule has 0 aliphatic carbocycles. The molecule has 8 nitrogen and oxygen atoms in total. The van der Waals surface area contributed by atoms with E-state index in [-0.39, 0.29) is 17.1 Å². The Hall–Kier alpha value is -3.17. The number of hydrogen-bond acceptors (Lipinski definition) is 5. The highest BCUT2D eigenvalue weighted by Gasteiger charge is 2.11. The van der Waals surface area contributed by atoms with E-state index in [9.17, 15) is 9.59 Å². The second-order valence-corrected chi connectivity index (χ2v) is 7.57. The summed E-state index contributed by atoms with van der Waals surface area (Å²) in [5, 5.41) is 8.09. The van der Waals surface area contributed by atoms with Crippen LogP contribution in [0.1, 0.15) is 11.3 Å². The summed E-state index contributed by atoms with van der Waals surface area (Å²) in [6, 6.07) is 12.1. The van der Waals surface area contributed by atoms with Crippen LogP contribution in [-0.4, -0.2) is 26.0 Å². The Labute approximate surface area is 177 Å². The smallest absolute Gasteiger partial charge is 0.280 e. The monoisotopic (exact) mass is 472 g/mol. The fraction of sp³-hybridized carbons (Fsp3) is 0.0526. The van der Waals surface area contributed by atoms with Gasteiger partial charge in [0.2, 0.25) is 5.95 Å². The zero-order chi connectivity index (χ0) is 20.5. The quantitative estimate of drug-likeness (QED) is 0.311. The predicted octanol–water partition coefficient (Wildman–Crippen LogP) is 3.57. The SMILES string of the molecule is Cc1[nH]n(-c2ccc(Cl)cc2)c(=O)c1C=NNc1nc2ccc(Br)cc2c(=O)[nH]1. The van der Waals surface area contributed by atoms with E-state index in [1.165, 1.54) is 10.9 Å². The third-order valence-electron chi connectivity index (χ3n) is 4.23. The molecule has 0 unspecified atom stereocenters. The van der Waals surface area contributed by atoms with Crippen LogP contribution in [-0.2, 0) is 0 Å². The number of rotatable bonds is 4. The molecule has 0 amide bonds. The Bertz CT molecular complexity index is 1350. The first-order chi connectivity index (χ1) is 13.9. The number of hydrazone groups is 1. The van der Waals surface area contributed by atoms with Crippen molar-refractivity contribution >= 4 is 50.6 Å². The van der Waals surface area contributed by atoms with Gasteiger partial charge in [-0.15, -0.1) is 0 Å². The first kappa shape index (κ1) is 19.2. The molecular formula is C19H14BrClN6O2. The number of fused-ring (bicyclic) bond motifs is 1. The van der Waals surface area contributed by atoms with Crippen molar-refractivity contribution in [3.05, 3.63) is 83.9 Å². The molecule has 4 rings (SSSR count). The maximum Gasteiger partial charge on any atom is 0.280 e. The summed E-state index contributed by atoms with van der Waals surface area (Å²) in [6.07, 6.45) is 1.38. The Kier molecular flexibility index (Phi) is 5.08. The van der Waals surface area contributed by atoms with Gasteiger partial charge in [0, 0.05) is 15.2 Å². The van der Waals surface area contributed by atoms with Gasteiger partial charge in [0.15, 0.2) is 0 Å². The van der Waals surface area contributed by atoms with Crippen LogP contribution in [0.4, 0.5) is 5.95 Å². The fourth-order valence-corrected chi connectivity index (χ4v) is 3.29. The predicted molar refractivity (Wildman–Crippen MR) is 117 cm³/mol. The van der Waals surface area contributed by atoms with Crippen molar-refractivity contribution in [2.24, 2.45) is 5.10 Å². The number of nitrogens with zero attached hydrogens (tertiary/aromatic N) is 3. The van der Waals surface area contributed by atoms with Crippen molar-refractivity contribution in [3.63, 3.8) is 0 Å². The number of anilines is 1. The normalized spacial score (nSPS) is 11.4. The van der Waals surface area contributed by atoms with E-state index in [2.05, 4.69) is 41.5 Å². The van der Waals surface area contributed by atoms with Crippen molar-refractivity contribution in [2.45, 2.75) is 6.92 Å². The molecule has 0 radical (unpaired) electrons. The fourth-order valence-electron chi connectivity index (χ4n) is 2.81. The van der Waals surface area contributed by atoms with E-state index >= 15 is 0 Å². The highest BCUT2D eigenvalue weighted by molar-refractivity contribution is 9.10. The van der Waals surface area contributed by atoms with Crippen LogP contribution in [0.3, 0.4) is 0 Å². The topological polar surface area (TPSA) is 108 Å². The summed E-state index contributed by atoms with van der Waals surface area (Å²) in [5.74, 6) is 0.173. The summed E-state index contributed by atoms with van der Waals surface area (Å²) < 4.78 is 2.19. The summed E-state index contributed by atoms with van der Waals surface area (Å²) in [6.45, 7) is 1.77. The molecular weight excluding hydrogens is 460 g/mol. The summed E-state index contributed by atoms with van der Waals surface area (Å²) in [7, 11) is 0. The molecule has 0 saturated carbocycles. The first-order valence-electron chi connectivity index (χ1n) is 8.48. The van der Waals surface area contributed by atoms with Crippen LogP contribution in [0.2, 0.25) is 5.02 Å². The van der Waals surface area contributed by atoms with E-state index < -0.39 is 0 Å². The Balaban J connectivity index is 1.61. The van der Waals surface area contributed by atoms with E-state index in [4.69, 9.17) is 11.6 Å². The van der Waals surface area contributed by atoms with E-state index in [1.807, 2.05) is 0 Å². The minimum atomic E-state index is -0.295. The molecule has 0 saturated heterocycles. The lowest BCUT2D eigenvalue weighted by Crippen LogP contribution is -2.17. The number of aromatic amines is 2.